The molecule has 0 radical (unpaired) electrons. The zero-order valence-corrected chi connectivity index (χ0v) is 19.2. The second-order valence-electron chi connectivity index (χ2n) is 10.3. The maximum Gasteiger partial charge on any atom is 0.303 e. The molecule has 3 saturated carbocycles. The average Bonchev–Trinajstić information content (AvgIpc) is 2.99. The van der Waals surface area contributed by atoms with Crippen LogP contribution in [0.5, 0.6) is 0 Å². The number of aliphatic hydroxyl groups excluding tert-OH is 2. The highest BCUT2D eigenvalue weighted by molar-refractivity contribution is 6.01. The van der Waals surface area contributed by atoms with Gasteiger partial charge in [0.05, 0.1) is 6.10 Å². The van der Waals surface area contributed by atoms with Crippen molar-refractivity contribution in [3.8, 4) is 0 Å². The highest BCUT2D eigenvalue weighted by atomic mass is 16.4. The Morgan fingerprint density at radius 3 is 2.47 bits per heavy atom. The number of ketones is 2. The van der Waals surface area contributed by atoms with Gasteiger partial charge in [-0.3, -0.25) is 14.4 Å². The van der Waals surface area contributed by atoms with Crippen molar-refractivity contribution < 1.29 is 34.8 Å². The molecular formula is C25H36O7. The molecule has 0 spiro atoms. The Bertz CT molecular complexity index is 845. The van der Waals surface area contributed by atoms with Gasteiger partial charge in [-0.2, -0.15) is 0 Å². The van der Waals surface area contributed by atoms with Crippen molar-refractivity contribution in [2.75, 3.05) is 6.61 Å². The quantitative estimate of drug-likeness (QED) is 0.519. The van der Waals surface area contributed by atoms with E-state index in [1.54, 1.807) is 12.2 Å². The molecule has 0 bridgehead atoms. The van der Waals surface area contributed by atoms with Gasteiger partial charge < -0.3 is 20.4 Å². The first kappa shape index (κ1) is 24.8. The molecule has 178 valence electrons. The van der Waals surface area contributed by atoms with Crippen molar-refractivity contribution >= 4 is 17.5 Å². The van der Waals surface area contributed by atoms with Crippen molar-refractivity contribution in [2.24, 2.45) is 28.6 Å². The van der Waals surface area contributed by atoms with E-state index in [9.17, 15) is 29.7 Å². The number of aliphatic hydroxyl groups is 3. The van der Waals surface area contributed by atoms with Crippen LogP contribution in [0.1, 0.15) is 65.7 Å². The van der Waals surface area contributed by atoms with Crippen LogP contribution >= 0.6 is 0 Å². The van der Waals surface area contributed by atoms with E-state index in [2.05, 4.69) is 6.92 Å². The van der Waals surface area contributed by atoms with Crippen LogP contribution in [-0.2, 0) is 14.4 Å². The number of hydrogen-bond acceptors (Lipinski definition) is 6. The number of Topliss-reactive ketones (excluding diaryl/α,β-unsaturated/α-hetero) is 1. The van der Waals surface area contributed by atoms with E-state index in [-0.39, 0.29) is 29.0 Å². The van der Waals surface area contributed by atoms with Crippen molar-refractivity contribution in [1.29, 1.82) is 0 Å². The van der Waals surface area contributed by atoms with Gasteiger partial charge in [0.15, 0.2) is 11.6 Å². The topological polar surface area (TPSA) is 132 Å². The van der Waals surface area contributed by atoms with E-state index in [1.165, 1.54) is 0 Å². The molecule has 0 heterocycles. The van der Waals surface area contributed by atoms with Crippen molar-refractivity contribution in [3.63, 3.8) is 0 Å². The predicted molar refractivity (Wildman–Crippen MR) is 118 cm³/mol. The standard InChI is InChI=1S/C21H28O5.C4H8O2/c1-19-7-5-13(23)9-12(19)3-4-14-15-6-8-21(26,17(25)11-22)20(15,2)10-16(24)18(14)19;1-2-3-4(5)6/h5,7,9,14-16,18,22,24,26H,3-4,6,8,10-11H2,1-2H3;2-3H2,1H3,(H,5,6)/t14-,15-,16-,18+,19-,20-,21-;/m0./s1. The maximum atomic E-state index is 12.4. The zero-order chi connectivity index (χ0) is 23.9. The Balaban J connectivity index is 0.000000427. The fourth-order valence-electron chi connectivity index (χ4n) is 7.13. The Morgan fingerprint density at radius 1 is 1.22 bits per heavy atom. The number of aliphatic carboxylic acids is 1. The van der Waals surface area contributed by atoms with Gasteiger partial charge in [0.2, 0.25) is 0 Å². The predicted octanol–water partition coefficient (Wildman–Crippen LogP) is 2.43. The number of carbonyl (C=O) groups excluding carboxylic acids is 2. The number of allylic oxidation sites excluding steroid dienone is 4. The van der Waals surface area contributed by atoms with Gasteiger partial charge in [0.25, 0.3) is 0 Å². The minimum atomic E-state index is -1.56. The molecule has 4 N–H and O–H groups in total. The number of carboxylic acids is 1. The fourth-order valence-corrected chi connectivity index (χ4v) is 7.13. The summed E-state index contributed by atoms with van der Waals surface area (Å²) in [7, 11) is 0. The van der Waals surface area contributed by atoms with Gasteiger partial charge in [-0.15, -0.1) is 0 Å². The lowest BCUT2D eigenvalue weighted by atomic mass is 9.46. The second-order valence-corrected chi connectivity index (χ2v) is 10.3. The summed E-state index contributed by atoms with van der Waals surface area (Å²) in [6.45, 7) is 5.18. The van der Waals surface area contributed by atoms with Crippen LogP contribution in [0.3, 0.4) is 0 Å². The Labute approximate surface area is 189 Å². The molecule has 0 aliphatic heterocycles. The summed E-state index contributed by atoms with van der Waals surface area (Å²) < 4.78 is 0. The second kappa shape index (κ2) is 8.84. The molecule has 0 aromatic carbocycles. The van der Waals surface area contributed by atoms with Crippen LogP contribution < -0.4 is 0 Å². The number of fused-ring (bicyclic) bond motifs is 5. The molecule has 4 aliphatic carbocycles. The first-order chi connectivity index (χ1) is 14.9. The number of carbonyl (C=O) groups is 3. The lowest BCUT2D eigenvalue weighted by Crippen LogP contribution is -2.61. The Morgan fingerprint density at radius 2 is 1.91 bits per heavy atom. The highest BCUT2D eigenvalue weighted by Gasteiger charge is 2.67. The number of hydrogen-bond donors (Lipinski definition) is 4. The van der Waals surface area contributed by atoms with Crippen LogP contribution in [0.15, 0.2) is 23.8 Å². The zero-order valence-electron chi connectivity index (χ0n) is 19.2. The van der Waals surface area contributed by atoms with Crippen LogP contribution in [0.2, 0.25) is 0 Å². The van der Waals surface area contributed by atoms with Gasteiger partial charge in [-0.05, 0) is 62.5 Å². The summed E-state index contributed by atoms with van der Waals surface area (Å²) in [4.78, 5) is 33.8. The van der Waals surface area contributed by atoms with Gasteiger partial charge in [0, 0.05) is 23.2 Å². The molecule has 0 amide bonds. The lowest BCUT2D eigenvalue weighted by molar-refractivity contribution is -0.178. The lowest BCUT2D eigenvalue weighted by Gasteiger charge is -2.59. The van der Waals surface area contributed by atoms with Crippen LogP contribution in [0.25, 0.3) is 0 Å². The van der Waals surface area contributed by atoms with E-state index in [0.717, 1.165) is 31.3 Å². The molecule has 4 aliphatic rings. The van der Waals surface area contributed by atoms with Crippen molar-refractivity contribution in [1.82, 2.24) is 0 Å². The number of carboxylic acid groups (broad SMARTS) is 1. The van der Waals surface area contributed by atoms with Crippen LogP contribution in [0.4, 0.5) is 0 Å². The third kappa shape index (κ3) is 3.78. The van der Waals surface area contributed by atoms with E-state index in [4.69, 9.17) is 5.11 Å². The third-order valence-electron chi connectivity index (χ3n) is 8.72. The number of rotatable bonds is 4. The molecule has 7 atom stereocenters. The summed E-state index contributed by atoms with van der Waals surface area (Å²) in [5.74, 6) is -0.937. The molecule has 0 aromatic heterocycles. The molecule has 0 saturated heterocycles. The molecule has 0 aromatic rings. The monoisotopic (exact) mass is 448 g/mol. The molecule has 4 rings (SSSR count). The summed E-state index contributed by atoms with van der Waals surface area (Å²) >= 11 is 0. The van der Waals surface area contributed by atoms with Crippen LogP contribution in [-0.4, -0.2) is 56.3 Å². The molecule has 0 unspecified atom stereocenters. The van der Waals surface area contributed by atoms with Gasteiger partial charge in [-0.25, -0.2) is 0 Å². The van der Waals surface area contributed by atoms with Gasteiger partial charge in [-0.1, -0.05) is 32.4 Å². The molecular weight excluding hydrogens is 412 g/mol. The average molecular weight is 449 g/mol. The fraction of sp³-hybridized carbons (Fsp3) is 0.720. The van der Waals surface area contributed by atoms with E-state index >= 15 is 0 Å². The van der Waals surface area contributed by atoms with E-state index < -0.39 is 35.5 Å². The summed E-state index contributed by atoms with van der Waals surface area (Å²) in [6, 6.07) is 0. The molecule has 7 heteroatoms. The summed E-state index contributed by atoms with van der Waals surface area (Å²) in [5.41, 5.74) is -1.54. The molecule has 32 heavy (non-hydrogen) atoms. The summed E-state index contributed by atoms with van der Waals surface area (Å²) in [6.07, 6.45) is 8.71. The Kier molecular flexibility index (Phi) is 6.85. The van der Waals surface area contributed by atoms with Gasteiger partial charge in [0.1, 0.15) is 12.2 Å². The third-order valence-corrected chi connectivity index (χ3v) is 8.72. The molecule has 7 nitrogen and oxygen atoms in total. The molecule has 3 fully saturated rings. The summed E-state index contributed by atoms with van der Waals surface area (Å²) in [5, 5.41) is 39.6. The first-order valence-corrected chi connectivity index (χ1v) is 11.6. The minimum absolute atomic E-state index is 0.00912. The van der Waals surface area contributed by atoms with Crippen molar-refractivity contribution in [2.45, 2.75) is 77.4 Å². The van der Waals surface area contributed by atoms with Gasteiger partial charge >= 0.3 is 5.97 Å². The minimum Gasteiger partial charge on any atom is -0.481 e. The van der Waals surface area contributed by atoms with Crippen LogP contribution in [0, 0.1) is 28.6 Å². The Hall–Kier alpha value is -1.83. The maximum absolute atomic E-state index is 12.4. The largest absolute Gasteiger partial charge is 0.481 e. The normalized spacial score (nSPS) is 42.1. The van der Waals surface area contributed by atoms with Crippen molar-refractivity contribution in [3.05, 3.63) is 23.8 Å². The highest BCUT2D eigenvalue weighted by Crippen LogP contribution is 2.67. The smallest absolute Gasteiger partial charge is 0.303 e. The van der Waals surface area contributed by atoms with E-state index in [0.29, 0.717) is 19.3 Å². The van der Waals surface area contributed by atoms with E-state index in [1.807, 2.05) is 19.9 Å². The SMILES string of the molecule is CCCC(=O)O.C[C@]12C=CC(=O)C=C1CC[C@@H]1[C@@H]2[C@@H](O)C[C@@]2(C)[C@H]1CC[C@]2(O)C(=O)CO. The first-order valence-electron chi connectivity index (χ1n) is 11.6.